The summed E-state index contributed by atoms with van der Waals surface area (Å²) in [5, 5.41) is 0.923. The predicted molar refractivity (Wildman–Crippen MR) is 69.1 cm³/mol. The SMILES string of the molecule is CC(C)CONC(=O)Cc1ccc(Cl)c(Cl)c1. The number of rotatable bonds is 5. The molecule has 1 N–H and O–H groups in total. The third-order valence-electron chi connectivity index (χ3n) is 1.95. The summed E-state index contributed by atoms with van der Waals surface area (Å²) in [6.07, 6.45) is 0.217. The quantitative estimate of drug-likeness (QED) is 0.838. The lowest BCUT2D eigenvalue weighted by Crippen LogP contribution is -2.27. The van der Waals surface area contributed by atoms with Gasteiger partial charge >= 0.3 is 0 Å². The Kier molecular flexibility index (Phi) is 5.75. The van der Waals surface area contributed by atoms with Crippen LogP contribution >= 0.6 is 23.2 Å². The third-order valence-corrected chi connectivity index (χ3v) is 2.69. The van der Waals surface area contributed by atoms with Gasteiger partial charge in [-0.3, -0.25) is 9.63 Å². The van der Waals surface area contributed by atoms with E-state index in [1.807, 2.05) is 13.8 Å². The first kappa shape index (κ1) is 14.3. The van der Waals surface area contributed by atoms with Gasteiger partial charge in [0, 0.05) is 0 Å². The average molecular weight is 276 g/mol. The molecule has 1 aromatic carbocycles. The first-order valence-electron chi connectivity index (χ1n) is 5.33. The van der Waals surface area contributed by atoms with Crippen LogP contribution in [-0.2, 0) is 16.1 Å². The molecule has 1 rings (SSSR count). The first-order chi connectivity index (χ1) is 7.99. The van der Waals surface area contributed by atoms with Crippen LogP contribution in [0.2, 0.25) is 10.0 Å². The Morgan fingerprint density at radius 3 is 2.65 bits per heavy atom. The number of hydrogen-bond donors (Lipinski definition) is 1. The van der Waals surface area contributed by atoms with Crippen molar-refractivity contribution in [3.05, 3.63) is 33.8 Å². The Balaban J connectivity index is 2.42. The van der Waals surface area contributed by atoms with E-state index in [4.69, 9.17) is 28.0 Å². The second-order valence-electron chi connectivity index (χ2n) is 4.16. The molecular formula is C12H15Cl2NO2. The standard InChI is InChI=1S/C12H15Cl2NO2/c1-8(2)7-17-15-12(16)6-9-3-4-10(13)11(14)5-9/h3-5,8H,6-7H2,1-2H3,(H,15,16). The van der Waals surface area contributed by atoms with Crippen LogP contribution in [0.25, 0.3) is 0 Å². The van der Waals surface area contributed by atoms with Crippen molar-refractivity contribution in [2.45, 2.75) is 20.3 Å². The van der Waals surface area contributed by atoms with Gasteiger partial charge in [-0.15, -0.1) is 0 Å². The minimum atomic E-state index is -0.205. The molecule has 0 saturated carbocycles. The highest BCUT2D eigenvalue weighted by molar-refractivity contribution is 6.42. The van der Waals surface area contributed by atoms with Crippen LogP contribution in [0, 0.1) is 5.92 Å². The van der Waals surface area contributed by atoms with Gasteiger partial charge in [-0.05, 0) is 23.6 Å². The molecule has 0 spiro atoms. The van der Waals surface area contributed by atoms with Crippen molar-refractivity contribution < 1.29 is 9.63 Å². The van der Waals surface area contributed by atoms with Crippen molar-refractivity contribution >= 4 is 29.1 Å². The molecular weight excluding hydrogens is 261 g/mol. The summed E-state index contributed by atoms with van der Waals surface area (Å²) >= 11 is 11.6. The maximum Gasteiger partial charge on any atom is 0.247 e. The minimum Gasteiger partial charge on any atom is -0.273 e. The maximum atomic E-state index is 11.5. The molecule has 0 aliphatic rings. The van der Waals surface area contributed by atoms with E-state index in [1.165, 1.54) is 0 Å². The van der Waals surface area contributed by atoms with Gasteiger partial charge in [0.05, 0.1) is 23.1 Å². The average Bonchev–Trinajstić information content (AvgIpc) is 2.23. The molecule has 1 amide bonds. The van der Waals surface area contributed by atoms with E-state index in [1.54, 1.807) is 18.2 Å². The molecule has 17 heavy (non-hydrogen) atoms. The predicted octanol–water partition coefficient (Wildman–Crippen LogP) is 3.24. The highest BCUT2D eigenvalue weighted by Crippen LogP contribution is 2.22. The summed E-state index contributed by atoms with van der Waals surface area (Å²) in [7, 11) is 0. The van der Waals surface area contributed by atoms with Crippen LogP contribution in [0.5, 0.6) is 0 Å². The lowest BCUT2D eigenvalue weighted by molar-refractivity contribution is -0.133. The van der Waals surface area contributed by atoms with E-state index in [2.05, 4.69) is 5.48 Å². The summed E-state index contributed by atoms with van der Waals surface area (Å²) in [6, 6.07) is 5.10. The highest BCUT2D eigenvalue weighted by Gasteiger charge is 2.06. The zero-order valence-electron chi connectivity index (χ0n) is 9.80. The molecule has 0 aliphatic heterocycles. The fraction of sp³-hybridized carbons (Fsp3) is 0.417. The van der Waals surface area contributed by atoms with Crippen molar-refractivity contribution in [2.75, 3.05) is 6.61 Å². The zero-order chi connectivity index (χ0) is 12.8. The maximum absolute atomic E-state index is 11.5. The number of benzene rings is 1. The number of halogens is 2. The largest absolute Gasteiger partial charge is 0.273 e. The van der Waals surface area contributed by atoms with Gasteiger partial charge in [0.1, 0.15) is 0 Å². The Labute approximate surface area is 111 Å². The summed E-state index contributed by atoms with van der Waals surface area (Å²) in [5.74, 6) is 0.171. The van der Waals surface area contributed by atoms with Gasteiger partial charge in [-0.25, -0.2) is 5.48 Å². The van der Waals surface area contributed by atoms with E-state index in [-0.39, 0.29) is 12.3 Å². The molecule has 0 saturated heterocycles. The summed E-state index contributed by atoms with van der Waals surface area (Å²) in [5.41, 5.74) is 3.18. The first-order valence-corrected chi connectivity index (χ1v) is 6.09. The summed E-state index contributed by atoms with van der Waals surface area (Å²) in [4.78, 5) is 16.5. The lowest BCUT2D eigenvalue weighted by Gasteiger charge is -2.08. The molecule has 0 bridgehead atoms. The third kappa shape index (κ3) is 5.39. The summed E-state index contributed by atoms with van der Waals surface area (Å²) < 4.78 is 0. The van der Waals surface area contributed by atoms with Crippen molar-refractivity contribution in [1.82, 2.24) is 5.48 Å². The van der Waals surface area contributed by atoms with Crippen LogP contribution in [-0.4, -0.2) is 12.5 Å². The van der Waals surface area contributed by atoms with Crippen molar-refractivity contribution in [1.29, 1.82) is 0 Å². The van der Waals surface area contributed by atoms with Crippen LogP contribution in [0.3, 0.4) is 0 Å². The number of carbonyl (C=O) groups is 1. The number of amides is 1. The highest BCUT2D eigenvalue weighted by atomic mass is 35.5. The van der Waals surface area contributed by atoms with E-state index >= 15 is 0 Å². The van der Waals surface area contributed by atoms with Gasteiger partial charge in [0.15, 0.2) is 0 Å². The van der Waals surface area contributed by atoms with E-state index < -0.39 is 0 Å². The lowest BCUT2D eigenvalue weighted by atomic mass is 10.1. The monoisotopic (exact) mass is 275 g/mol. The van der Waals surface area contributed by atoms with Crippen LogP contribution < -0.4 is 5.48 Å². The Hall–Kier alpha value is -0.770. The van der Waals surface area contributed by atoms with E-state index in [0.717, 1.165) is 5.56 Å². The molecule has 0 heterocycles. The van der Waals surface area contributed by atoms with Crippen LogP contribution in [0.15, 0.2) is 18.2 Å². The van der Waals surface area contributed by atoms with Gasteiger partial charge in [0.2, 0.25) is 5.91 Å². The van der Waals surface area contributed by atoms with Crippen LogP contribution in [0.4, 0.5) is 0 Å². The Bertz CT molecular complexity index is 394. The fourth-order valence-electron chi connectivity index (χ4n) is 1.16. The smallest absolute Gasteiger partial charge is 0.247 e. The molecule has 94 valence electrons. The van der Waals surface area contributed by atoms with Crippen LogP contribution in [0.1, 0.15) is 19.4 Å². The van der Waals surface area contributed by atoms with E-state index in [0.29, 0.717) is 22.6 Å². The molecule has 0 unspecified atom stereocenters. The number of nitrogens with one attached hydrogen (secondary N) is 1. The molecule has 5 heteroatoms. The van der Waals surface area contributed by atoms with Gasteiger partial charge in [-0.2, -0.15) is 0 Å². The molecule has 0 fully saturated rings. The fourth-order valence-corrected chi connectivity index (χ4v) is 1.48. The molecule has 3 nitrogen and oxygen atoms in total. The minimum absolute atomic E-state index is 0.205. The Morgan fingerprint density at radius 2 is 2.06 bits per heavy atom. The molecule has 0 radical (unpaired) electrons. The molecule has 0 atom stereocenters. The van der Waals surface area contributed by atoms with Gasteiger partial charge in [0.25, 0.3) is 0 Å². The van der Waals surface area contributed by atoms with Crippen molar-refractivity contribution in [3.8, 4) is 0 Å². The van der Waals surface area contributed by atoms with Crippen molar-refractivity contribution in [3.63, 3.8) is 0 Å². The van der Waals surface area contributed by atoms with Gasteiger partial charge < -0.3 is 0 Å². The second kappa shape index (κ2) is 6.84. The van der Waals surface area contributed by atoms with Gasteiger partial charge in [-0.1, -0.05) is 43.1 Å². The van der Waals surface area contributed by atoms with E-state index in [9.17, 15) is 4.79 Å². The number of carbonyl (C=O) groups excluding carboxylic acids is 1. The molecule has 1 aromatic rings. The topological polar surface area (TPSA) is 38.3 Å². The number of hydroxylamine groups is 1. The molecule has 0 aromatic heterocycles. The normalized spacial score (nSPS) is 10.6. The second-order valence-corrected chi connectivity index (χ2v) is 4.97. The summed E-state index contributed by atoms with van der Waals surface area (Å²) in [6.45, 7) is 4.50. The zero-order valence-corrected chi connectivity index (χ0v) is 11.3. The Morgan fingerprint density at radius 1 is 1.35 bits per heavy atom. The molecule has 0 aliphatic carbocycles. The van der Waals surface area contributed by atoms with Crippen molar-refractivity contribution in [2.24, 2.45) is 5.92 Å². The number of hydrogen-bond acceptors (Lipinski definition) is 2.